The zero-order valence-electron chi connectivity index (χ0n) is 7.17. The van der Waals surface area contributed by atoms with Crippen LogP contribution in [-0.2, 0) is 4.79 Å². The van der Waals surface area contributed by atoms with Crippen molar-refractivity contribution in [1.29, 1.82) is 5.26 Å². The number of rotatable bonds is 5. The molecule has 0 bridgehead atoms. The molecule has 0 atom stereocenters. The number of hydrogen-bond acceptors (Lipinski definition) is 3. The Morgan fingerprint density at radius 3 is 2.67 bits per heavy atom. The summed E-state index contributed by atoms with van der Waals surface area (Å²) < 4.78 is 0. The first kappa shape index (κ1) is 10.7. The summed E-state index contributed by atoms with van der Waals surface area (Å²) in [4.78, 5) is 10.4. The van der Waals surface area contributed by atoms with Crippen LogP contribution in [0.1, 0.15) is 32.6 Å². The van der Waals surface area contributed by atoms with E-state index in [1.807, 2.05) is 6.92 Å². The lowest BCUT2D eigenvalue weighted by Crippen LogP contribution is -2.24. The van der Waals surface area contributed by atoms with Gasteiger partial charge in [-0.3, -0.25) is 0 Å². The van der Waals surface area contributed by atoms with Crippen LogP contribution in [0.3, 0.4) is 0 Å². The minimum absolute atomic E-state index is 0.103. The topological polar surface area (TPSA) is 63.9 Å². The van der Waals surface area contributed by atoms with E-state index in [2.05, 4.69) is 0 Å². The van der Waals surface area contributed by atoms with Crippen LogP contribution in [0.5, 0.6) is 0 Å². The summed E-state index contributed by atoms with van der Waals surface area (Å²) in [5.41, 5.74) is 0.103. The Hall–Kier alpha value is -1.30. The molecule has 3 nitrogen and oxygen atoms in total. The smallest absolute Gasteiger partial charge is 0.0915 e. The fourth-order valence-electron chi connectivity index (χ4n) is 0.877. The number of carboxylic acid groups (broad SMARTS) is 1. The van der Waals surface area contributed by atoms with Crippen molar-refractivity contribution in [3.63, 3.8) is 0 Å². The number of nitrogens with zero attached hydrogens (tertiary/aromatic N) is 1. The highest BCUT2D eigenvalue weighted by atomic mass is 16.4. The number of unbranched alkanes of at least 4 members (excludes halogenated alkanes) is 2. The number of aliphatic carboxylic acids is 1. The van der Waals surface area contributed by atoms with Gasteiger partial charge in [0.05, 0.1) is 12.0 Å². The third kappa shape index (κ3) is 4.51. The number of carboxylic acids is 1. The summed E-state index contributed by atoms with van der Waals surface area (Å²) in [6, 6.07) is 1.69. The summed E-state index contributed by atoms with van der Waals surface area (Å²) >= 11 is 0. The third-order valence-corrected chi connectivity index (χ3v) is 1.55. The van der Waals surface area contributed by atoms with E-state index in [1.165, 1.54) is 0 Å². The zero-order valence-corrected chi connectivity index (χ0v) is 7.17. The van der Waals surface area contributed by atoms with Gasteiger partial charge in [-0.25, -0.2) is 0 Å². The quantitative estimate of drug-likeness (QED) is 0.344. The lowest BCUT2D eigenvalue weighted by atomic mass is 10.1. The maximum atomic E-state index is 10.4. The first-order valence-electron chi connectivity index (χ1n) is 4.02. The van der Waals surface area contributed by atoms with Crippen LogP contribution in [-0.4, -0.2) is 5.97 Å². The number of nitriles is 1. The average Bonchev–Trinajstić information content (AvgIpc) is 2.03. The highest BCUT2D eigenvalue weighted by Crippen LogP contribution is 2.07. The molecular formula is C9H12NO2-. The molecule has 0 spiro atoms. The van der Waals surface area contributed by atoms with Gasteiger partial charge in [0, 0.05) is 6.08 Å². The molecule has 0 aromatic carbocycles. The van der Waals surface area contributed by atoms with Gasteiger partial charge in [0.2, 0.25) is 0 Å². The molecule has 0 radical (unpaired) electrons. The number of carbonyl (C=O) groups excluding carboxylic acids is 1. The Balaban J connectivity index is 3.91. The van der Waals surface area contributed by atoms with Crippen molar-refractivity contribution in [1.82, 2.24) is 0 Å². The standard InChI is InChI=1S/C9H13NO2/c1-2-3-4-5-8(6-7-10)9(11)12/h6H,2-5H2,1H3,(H,11,12)/p-1/b8-6-. The molecular weight excluding hydrogens is 154 g/mol. The molecule has 0 saturated carbocycles. The lowest BCUT2D eigenvalue weighted by Gasteiger charge is -2.05. The fraction of sp³-hybridized carbons (Fsp3) is 0.556. The second-order valence-electron chi connectivity index (χ2n) is 2.54. The van der Waals surface area contributed by atoms with Crippen molar-refractivity contribution in [2.75, 3.05) is 0 Å². The van der Waals surface area contributed by atoms with Gasteiger partial charge in [0.25, 0.3) is 0 Å². The van der Waals surface area contributed by atoms with Crippen LogP contribution in [0.15, 0.2) is 11.6 Å². The van der Waals surface area contributed by atoms with Crippen molar-refractivity contribution in [3.05, 3.63) is 11.6 Å². The molecule has 66 valence electrons. The Morgan fingerprint density at radius 1 is 1.58 bits per heavy atom. The SMILES string of the molecule is CCCCC/C(=C/C#N)C(=O)[O-]. The number of carbonyl (C=O) groups is 1. The number of allylic oxidation sites excluding steroid dienone is 1. The molecule has 0 amide bonds. The van der Waals surface area contributed by atoms with Crippen molar-refractivity contribution in [2.45, 2.75) is 32.6 Å². The maximum absolute atomic E-state index is 10.4. The van der Waals surface area contributed by atoms with E-state index in [0.717, 1.165) is 25.3 Å². The van der Waals surface area contributed by atoms with Crippen LogP contribution in [0, 0.1) is 11.3 Å². The van der Waals surface area contributed by atoms with Gasteiger partial charge in [-0.15, -0.1) is 0 Å². The molecule has 12 heavy (non-hydrogen) atoms. The van der Waals surface area contributed by atoms with Crippen LogP contribution < -0.4 is 5.11 Å². The molecule has 3 heteroatoms. The Labute approximate surface area is 72.3 Å². The van der Waals surface area contributed by atoms with Crippen LogP contribution in [0.2, 0.25) is 0 Å². The van der Waals surface area contributed by atoms with E-state index in [9.17, 15) is 9.90 Å². The van der Waals surface area contributed by atoms with Crippen LogP contribution in [0.4, 0.5) is 0 Å². The van der Waals surface area contributed by atoms with Gasteiger partial charge in [-0.2, -0.15) is 5.26 Å². The minimum Gasteiger partial charge on any atom is -0.545 e. The molecule has 0 aliphatic rings. The summed E-state index contributed by atoms with van der Waals surface area (Å²) in [6.45, 7) is 2.03. The monoisotopic (exact) mass is 166 g/mol. The summed E-state index contributed by atoms with van der Waals surface area (Å²) in [6.07, 6.45) is 4.30. The maximum Gasteiger partial charge on any atom is 0.0915 e. The molecule has 0 aromatic rings. The largest absolute Gasteiger partial charge is 0.545 e. The van der Waals surface area contributed by atoms with Crippen LogP contribution in [0.25, 0.3) is 0 Å². The summed E-state index contributed by atoms with van der Waals surface area (Å²) in [7, 11) is 0. The molecule has 0 aliphatic heterocycles. The summed E-state index contributed by atoms with van der Waals surface area (Å²) in [5, 5.41) is 18.6. The van der Waals surface area contributed by atoms with Gasteiger partial charge in [-0.05, 0) is 18.4 Å². The van der Waals surface area contributed by atoms with E-state index in [0.29, 0.717) is 6.42 Å². The van der Waals surface area contributed by atoms with E-state index < -0.39 is 5.97 Å². The Bertz CT molecular complexity index is 213. The van der Waals surface area contributed by atoms with Crippen LogP contribution >= 0.6 is 0 Å². The highest BCUT2D eigenvalue weighted by Gasteiger charge is 1.97. The minimum atomic E-state index is -1.23. The van der Waals surface area contributed by atoms with E-state index in [1.54, 1.807) is 6.07 Å². The third-order valence-electron chi connectivity index (χ3n) is 1.55. The van der Waals surface area contributed by atoms with E-state index in [4.69, 9.17) is 5.26 Å². The Kier molecular flexibility index (Phi) is 5.72. The van der Waals surface area contributed by atoms with Crippen molar-refractivity contribution in [3.8, 4) is 6.07 Å². The van der Waals surface area contributed by atoms with E-state index >= 15 is 0 Å². The molecule has 0 saturated heterocycles. The zero-order chi connectivity index (χ0) is 9.40. The van der Waals surface area contributed by atoms with Crippen molar-refractivity contribution in [2.24, 2.45) is 0 Å². The van der Waals surface area contributed by atoms with Crippen molar-refractivity contribution >= 4 is 5.97 Å². The molecule has 0 aromatic heterocycles. The fourth-order valence-corrected chi connectivity index (χ4v) is 0.877. The summed E-state index contributed by atoms with van der Waals surface area (Å²) in [5.74, 6) is -1.23. The molecule has 0 fully saturated rings. The first-order valence-corrected chi connectivity index (χ1v) is 4.02. The van der Waals surface area contributed by atoms with Gasteiger partial charge < -0.3 is 9.90 Å². The van der Waals surface area contributed by atoms with Gasteiger partial charge in [0.15, 0.2) is 0 Å². The van der Waals surface area contributed by atoms with Crippen molar-refractivity contribution < 1.29 is 9.90 Å². The molecule has 0 heterocycles. The predicted octanol–water partition coefficient (Wildman–Crippen LogP) is 0.767. The highest BCUT2D eigenvalue weighted by molar-refractivity contribution is 5.85. The normalized spacial score (nSPS) is 10.8. The molecule has 0 N–H and O–H groups in total. The predicted molar refractivity (Wildman–Crippen MR) is 42.8 cm³/mol. The first-order chi connectivity index (χ1) is 5.72. The molecule has 0 unspecified atom stereocenters. The lowest BCUT2D eigenvalue weighted by molar-refractivity contribution is -0.299. The van der Waals surface area contributed by atoms with Gasteiger partial charge in [-0.1, -0.05) is 19.8 Å². The Morgan fingerprint density at radius 2 is 2.25 bits per heavy atom. The molecule has 0 aliphatic carbocycles. The van der Waals surface area contributed by atoms with Gasteiger partial charge in [0.1, 0.15) is 0 Å². The molecule has 0 rings (SSSR count). The van der Waals surface area contributed by atoms with E-state index in [-0.39, 0.29) is 5.57 Å². The van der Waals surface area contributed by atoms with Gasteiger partial charge >= 0.3 is 0 Å². The second kappa shape index (κ2) is 6.41. The average molecular weight is 166 g/mol. The number of hydrogen-bond donors (Lipinski definition) is 0. The second-order valence-corrected chi connectivity index (χ2v) is 2.54.